The van der Waals surface area contributed by atoms with Gasteiger partial charge in [-0.2, -0.15) is 0 Å². The molecule has 10 heteroatoms. The summed E-state index contributed by atoms with van der Waals surface area (Å²) >= 11 is 0. The lowest BCUT2D eigenvalue weighted by molar-refractivity contribution is -0.136. The van der Waals surface area contributed by atoms with Gasteiger partial charge in [0.15, 0.2) is 0 Å². The third-order valence-corrected chi connectivity index (χ3v) is 6.88. The topological polar surface area (TPSA) is 142 Å². The fourth-order valence-corrected chi connectivity index (χ4v) is 4.72. The van der Waals surface area contributed by atoms with Crippen molar-refractivity contribution in [2.24, 2.45) is 0 Å². The summed E-state index contributed by atoms with van der Waals surface area (Å²) in [6.45, 7) is 0.613. The van der Waals surface area contributed by atoms with E-state index in [4.69, 9.17) is 0 Å². The van der Waals surface area contributed by atoms with Gasteiger partial charge in [-0.1, -0.05) is 54.6 Å². The molecule has 3 aromatic rings. The molecule has 0 saturated carbocycles. The second-order valence-corrected chi connectivity index (χ2v) is 9.65. The van der Waals surface area contributed by atoms with Crippen LogP contribution in [0.2, 0.25) is 0 Å². The van der Waals surface area contributed by atoms with E-state index in [0.29, 0.717) is 13.0 Å². The molecule has 10 nitrogen and oxygen atoms in total. The number of amides is 6. The molecule has 1 unspecified atom stereocenters. The molecule has 0 spiro atoms. The van der Waals surface area contributed by atoms with Crippen molar-refractivity contribution in [1.82, 2.24) is 20.9 Å². The third kappa shape index (κ3) is 5.65. The van der Waals surface area contributed by atoms with Crippen molar-refractivity contribution in [2.75, 3.05) is 0 Å². The predicted octanol–water partition coefficient (Wildman–Crippen LogP) is 1.88. The van der Waals surface area contributed by atoms with Gasteiger partial charge < -0.3 is 10.6 Å². The Morgan fingerprint density at radius 2 is 1.43 bits per heavy atom. The molecular formula is C30H26N4O6. The van der Waals surface area contributed by atoms with Crippen LogP contribution < -0.4 is 16.0 Å². The first-order chi connectivity index (χ1) is 19.3. The number of rotatable bonds is 8. The zero-order valence-corrected chi connectivity index (χ0v) is 21.4. The van der Waals surface area contributed by atoms with Crippen LogP contribution in [0, 0.1) is 0 Å². The first-order valence-corrected chi connectivity index (χ1v) is 12.8. The average molecular weight is 539 g/mol. The van der Waals surface area contributed by atoms with E-state index < -0.39 is 35.6 Å². The molecule has 1 atom stereocenters. The summed E-state index contributed by atoms with van der Waals surface area (Å²) in [7, 11) is 0. The molecular weight excluding hydrogens is 512 g/mol. The maximum atomic E-state index is 13.0. The van der Waals surface area contributed by atoms with E-state index in [1.807, 2.05) is 54.6 Å². The molecule has 2 aliphatic heterocycles. The molecule has 6 amide bonds. The Kier molecular flexibility index (Phi) is 7.50. The highest BCUT2D eigenvalue weighted by Gasteiger charge is 2.44. The fourth-order valence-electron chi connectivity index (χ4n) is 4.72. The minimum atomic E-state index is -1.07. The van der Waals surface area contributed by atoms with Gasteiger partial charge in [0.05, 0.1) is 17.5 Å². The van der Waals surface area contributed by atoms with E-state index in [-0.39, 0.29) is 42.0 Å². The van der Waals surface area contributed by atoms with E-state index in [1.165, 1.54) is 18.2 Å². The molecule has 202 valence electrons. The zero-order valence-electron chi connectivity index (χ0n) is 21.4. The predicted molar refractivity (Wildman–Crippen MR) is 143 cm³/mol. The number of hydrogen-bond donors (Lipinski definition) is 3. The van der Waals surface area contributed by atoms with Crippen molar-refractivity contribution < 1.29 is 28.8 Å². The summed E-state index contributed by atoms with van der Waals surface area (Å²) in [5.41, 5.74) is 3.04. The molecule has 0 bridgehead atoms. The third-order valence-electron chi connectivity index (χ3n) is 6.88. The number of benzene rings is 3. The van der Waals surface area contributed by atoms with Crippen LogP contribution in [0.4, 0.5) is 0 Å². The van der Waals surface area contributed by atoms with Crippen LogP contribution >= 0.6 is 0 Å². The Morgan fingerprint density at radius 1 is 0.775 bits per heavy atom. The first-order valence-electron chi connectivity index (χ1n) is 12.8. The van der Waals surface area contributed by atoms with Crippen molar-refractivity contribution in [3.05, 3.63) is 106 Å². The number of carbonyl (C=O) groups excluding carboxylic acids is 6. The molecule has 0 aromatic heterocycles. The number of imide groups is 2. The lowest BCUT2D eigenvalue weighted by atomic mass is 10.0. The van der Waals surface area contributed by atoms with Crippen molar-refractivity contribution in [2.45, 2.75) is 38.4 Å². The van der Waals surface area contributed by atoms with Gasteiger partial charge >= 0.3 is 0 Å². The van der Waals surface area contributed by atoms with E-state index in [2.05, 4.69) is 16.0 Å². The van der Waals surface area contributed by atoms with Crippen molar-refractivity contribution in [1.29, 1.82) is 0 Å². The van der Waals surface area contributed by atoms with Crippen molar-refractivity contribution in [3.63, 3.8) is 0 Å². The van der Waals surface area contributed by atoms with Crippen molar-refractivity contribution in [3.8, 4) is 0 Å². The standard InChI is InChI=1S/C30H26N4O6/c35-25-13-12-24(28(38)33-25)34-29(39)22-11-10-21(15-23(22)30(34)40)27(37)32-17-20-8-6-19(7-9-20)16-31-26(36)14-18-4-2-1-3-5-18/h1-11,15,24H,12-14,16-17H2,(H,31,36)(H,32,37)(H,33,35,38). The fraction of sp³-hybridized carbons (Fsp3) is 0.200. The van der Waals surface area contributed by atoms with E-state index >= 15 is 0 Å². The number of hydrogen-bond acceptors (Lipinski definition) is 6. The smallest absolute Gasteiger partial charge is 0.262 e. The Balaban J connectivity index is 1.15. The average Bonchev–Trinajstić information content (AvgIpc) is 3.20. The summed E-state index contributed by atoms with van der Waals surface area (Å²) in [4.78, 5) is 75.3. The lowest BCUT2D eigenvalue weighted by Crippen LogP contribution is -2.54. The molecule has 1 saturated heterocycles. The second-order valence-electron chi connectivity index (χ2n) is 9.65. The molecule has 3 aromatic carbocycles. The van der Waals surface area contributed by atoms with Gasteiger partial charge in [-0.15, -0.1) is 0 Å². The van der Waals surface area contributed by atoms with Gasteiger partial charge in [-0.25, -0.2) is 0 Å². The number of piperidine rings is 1. The van der Waals surface area contributed by atoms with Gasteiger partial charge in [0.1, 0.15) is 6.04 Å². The Morgan fingerprint density at radius 3 is 2.10 bits per heavy atom. The molecule has 0 radical (unpaired) electrons. The van der Waals surface area contributed by atoms with Crippen LogP contribution in [-0.2, 0) is 33.9 Å². The van der Waals surface area contributed by atoms with E-state index in [1.54, 1.807) is 0 Å². The van der Waals surface area contributed by atoms with Crippen LogP contribution in [0.1, 0.15) is 60.6 Å². The van der Waals surface area contributed by atoms with Crippen LogP contribution in [-0.4, -0.2) is 46.4 Å². The minimum absolute atomic E-state index is 0.0291. The normalized spacial score (nSPS) is 16.4. The molecule has 5 rings (SSSR count). The van der Waals surface area contributed by atoms with Gasteiger partial charge in [-0.05, 0) is 41.3 Å². The number of carbonyl (C=O) groups is 6. The Bertz CT molecular complexity index is 1520. The molecule has 3 N–H and O–H groups in total. The summed E-state index contributed by atoms with van der Waals surface area (Å²) < 4.78 is 0. The van der Waals surface area contributed by atoms with Crippen LogP contribution in [0.5, 0.6) is 0 Å². The summed E-state index contributed by atoms with van der Waals surface area (Å²) in [5, 5.41) is 7.84. The molecule has 2 aliphatic rings. The monoisotopic (exact) mass is 538 g/mol. The highest BCUT2D eigenvalue weighted by molar-refractivity contribution is 6.24. The Hall–Kier alpha value is -5.12. The second kappa shape index (κ2) is 11.3. The SMILES string of the molecule is O=C(Cc1ccccc1)NCc1ccc(CNC(=O)c2ccc3c(c2)C(=O)N(C2CCC(=O)NC2=O)C3=O)cc1. The van der Waals surface area contributed by atoms with Gasteiger partial charge in [0, 0.05) is 25.1 Å². The van der Waals surface area contributed by atoms with Crippen molar-refractivity contribution >= 4 is 35.4 Å². The Labute approximate surface area is 229 Å². The molecule has 0 aliphatic carbocycles. The first kappa shape index (κ1) is 26.5. The summed E-state index contributed by atoms with van der Waals surface area (Å²) in [5.74, 6) is -2.94. The summed E-state index contributed by atoms with van der Waals surface area (Å²) in [6.07, 6.45) is 0.395. The van der Waals surface area contributed by atoms with Crippen LogP contribution in [0.15, 0.2) is 72.8 Å². The highest BCUT2D eigenvalue weighted by Crippen LogP contribution is 2.28. The maximum absolute atomic E-state index is 13.0. The van der Waals surface area contributed by atoms with Gasteiger partial charge in [0.2, 0.25) is 17.7 Å². The van der Waals surface area contributed by atoms with Crippen LogP contribution in [0.3, 0.4) is 0 Å². The number of nitrogens with one attached hydrogen (secondary N) is 3. The van der Waals surface area contributed by atoms with Gasteiger partial charge in [-0.3, -0.25) is 39.0 Å². The van der Waals surface area contributed by atoms with Gasteiger partial charge in [0.25, 0.3) is 17.7 Å². The van der Waals surface area contributed by atoms with Crippen LogP contribution in [0.25, 0.3) is 0 Å². The number of nitrogens with zero attached hydrogens (tertiary/aromatic N) is 1. The zero-order chi connectivity index (χ0) is 28.2. The molecule has 1 fully saturated rings. The maximum Gasteiger partial charge on any atom is 0.262 e. The molecule has 40 heavy (non-hydrogen) atoms. The quantitative estimate of drug-likeness (QED) is 0.374. The number of fused-ring (bicyclic) bond motifs is 1. The summed E-state index contributed by atoms with van der Waals surface area (Å²) in [6, 6.07) is 20.1. The highest BCUT2D eigenvalue weighted by atomic mass is 16.2. The van der Waals surface area contributed by atoms with E-state index in [0.717, 1.165) is 21.6 Å². The minimum Gasteiger partial charge on any atom is -0.352 e. The molecule has 2 heterocycles. The largest absolute Gasteiger partial charge is 0.352 e. The van der Waals surface area contributed by atoms with E-state index in [9.17, 15) is 28.8 Å². The lowest BCUT2D eigenvalue weighted by Gasteiger charge is -2.27.